The van der Waals surface area contributed by atoms with Gasteiger partial charge < -0.3 is 8.98 Å². The molecule has 24 heavy (non-hydrogen) atoms. The lowest BCUT2D eigenvalue weighted by atomic mass is 9.94. The molecule has 5 nitrogen and oxygen atoms in total. The van der Waals surface area contributed by atoms with Crippen molar-refractivity contribution in [3.05, 3.63) is 48.1 Å². The first-order valence-corrected chi connectivity index (χ1v) is 8.41. The fourth-order valence-corrected chi connectivity index (χ4v) is 3.52. The maximum absolute atomic E-state index is 13.3. The number of halogens is 1. The Balaban J connectivity index is 1.42. The number of hydrogen-bond donors (Lipinski definition) is 0. The van der Waals surface area contributed by atoms with E-state index in [0.29, 0.717) is 29.5 Å². The lowest BCUT2D eigenvalue weighted by Crippen LogP contribution is -2.36. The molecule has 3 aromatic rings. The number of hydrogen-bond acceptors (Lipinski definition) is 4. The molecule has 4 rings (SSSR count). The van der Waals surface area contributed by atoms with Crippen molar-refractivity contribution < 1.29 is 8.81 Å². The van der Waals surface area contributed by atoms with Crippen molar-refractivity contribution in [1.29, 1.82) is 0 Å². The Morgan fingerprint density at radius 2 is 2.29 bits per heavy atom. The summed E-state index contributed by atoms with van der Waals surface area (Å²) >= 11 is 0. The number of nitrogens with zero attached hydrogens (tertiary/aromatic N) is 4. The van der Waals surface area contributed by atoms with Crippen LogP contribution in [0.1, 0.15) is 24.6 Å². The first-order valence-electron chi connectivity index (χ1n) is 8.41. The topological polar surface area (TPSA) is 47.1 Å². The van der Waals surface area contributed by atoms with Gasteiger partial charge in [0.25, 0.3) is 0 Å². The lowest BCUT2D eigenvalue weighted by Gasteiger charge is -2.31. The van der Waals surface area contributed by atoms with Gasteiger partial charge in [0.2, 0.25) is 5.89 Å². The SMILES string of the molecule is Cn1ccnc1CC1CCCN(Cc2nc3cc(F)ccc3o2)C1. The highest BCUT2D eigenvalue weighted by molar-refractivity contribution is 5.72. The highest BCUT2D eigenvalue weighted by Gasteiger charge is 2.23. The van der Waals surface area contributed by atoms with Crippen LogP contribution in [0.15, 0.2) is 35.0 Å². The number of rotatable bonds is 4. The average molecular weight is 328 g/mol. The van der Waals surface area contributed by atoms with Gasteiger partial charge in [-0.05, 0) is 37.4 Å². The van der Waals surface area contributed by atoms with Crippen LogP contribution < -0.4 is 0 Å². The molecule has 0 saturated carbocycles. The number of oxazole rings is 1. The molecule has 0 amide bonds. The van der Waals surface area contributed by atoms with Gasteiger partial charge in [-0.25, -0.2) is 14.4 Å². The molecule has 1 aliphatic heterocycles. The molecule has 6 heteroatoms. The third-order valence-corrected chi connectivity index (χ3v) is 4.75. The van der Waals surface area contributed by atoms with Crippen molar-refractivity contribution in [2.24, 2.45) is 13.0 Å². The summed E-state index contributed by atoms with van der Waals surface area (Å²) in [5.74, 6) is 2.12. The Morgan fingerprint density at radius 3 is 3.12 bits per heavy atom. The van der Waals surface area contributed by atoms with Crippen LogP contribution in [0.4, 0.5) is 4.39 Å². The number of aromatic nitrogens is 3. The molecule has 3 heterocycles. The number of likely N-dealkylation sites (tertiary alicyclic amines) is 1. The van der Waals surface area contributed by atoms with E-state index < -0.39 is 0 Å². The molecule has 2 aromatic heterocycles. The predicted octanol–water partition coefficient (Wildman–Crippen LogP) is 3.16. The first-order chi connectivity index (χ1) is 11.7. The molecule has 1 atom stereocenters. The fraction of sp³-hybridized carbons (Fsp3) is 0.444. The van der Waals surface area contributed by atoms with Crippen LogP contribution in [0.5, 0.6) is 0 Å². The third-order valence-electron chi connectivity index (χ3n) is 4.75. The van der Waals surface area contributed by atoms with Gasteiger partial charge in [0.1, 0.15) is 17.2 Å². The zero-order valence-corrected chi connectivity index (χ0v) is 13.8. The van der Waals surface area contributed by atoms with Crippen molar-refractivity contribution in [2.75, 3.05) is 13.1 Å². The molecular formula is C18H21FN4O. The average Bonchev–Trinajstić information content (AvgIpc) is 3.13. The van der Waals surface area contributed by atoms with E-state index >= 15 is 0 Å². The second-order valence-corrected chi connectivity index (χ2v) is 6.62. The van der Waals surface area contributed by atoms with E-state index in [1.54, 1.807) is 6.07 Å². The molecule has 126 valence electrons. The highest BCUT2D eigenvalue weighted by atomic mass is 19.1. The number of benzene rings is 1. The Morgan fingerprint density at radius 1 is 1.38 bits per heavy atom. The standard InChI is InChI=1S/C18H21FN4O/c1-22-8-6-20-17(22)9-13-3-2-7-23(11-13)12-18-21-15-10-14(19)4-5-16(15)24-18/h4-6,8,10,13H,2-3,7,9,11-12H2,1H3. The van der Waals surface area contributed by atoms with Crippen molar-refractivity contribution in [1.82, 2.24) is 19.4 Å². The molecule has 0 bridgehead atoms. The highest BCUT2D eigenvalue weighted by Crippen LogP contribution is 2.23. The summed E-state index contributed by atoms with van der Waals surface area (Å²) in [6, 6.07) is 4.46. The molecule has 0 spiro atoms. The lowest BCUT2D eigenvalue weighted by molar-refractivity contribution is 0.153. The Labute approximate surface area is 140 Å². The monoisotopic (exact) mass is 328 g/mol. The second kappa shape index (κ2) is 6.36. The number of piperidine rings is 1. The summed E-state index contributed by atoms with van der Waals surface area (Å²) in [6.07, 6.45) is 7.24. The molecule has 1 aromatic carbocycles. The zero-order chi connectivity index (χ0) is 16.5. The normalized spacial score (nSPS) is 19.2. The minimum absolute atomic E-state index is 0.282. The van der Waals surface area contributed by atoms with Gasteiger partial charge in [-0.3, -0.25) is 4.90 Å². The van der Waals surface area contributed by atoms with Gasteiger partial charge >= 0.3 is 0 Å². The van der Waals surface area contributed by atoms with Crippen LogP contribution in [-0.2, 0) is 20.0 Å². The van der Waals surface area contributed by atoms with E-state index in [2.05, 4.69) is 19.4 Å². The van der Waals surface area contributed by atoms with E-state index in [9.17, 15) is 4.39 Å². The molecule has 1 unspecified atom stereocenters. The van der Waals surface area contributed by atoms with Crippen LogP contribution in [0.25, 0.3) is 11.1 Å². The molecule has 0 radical (unpaired) electrons. The summed E-state index contributed by atoms with van der Waals surface area (Å²) in [4.78, 5) is 11.2. The summed E-state index contributed by atoms with van der Waals surface area (Å²) in [6.45, 7) is 2.73. The van der Waals surface area contributed by atoms with Crippen molar-refractivity contribution in [2.45, 2.75) is 25.8 Å². The smallest absolute Gasteiger partial charge is 0.209 e. The number of imidazole rings is 1. The minimum atomic E-state index is -0.282. The van der Waals surface area contributed by atoms with Crippen molar-refractivity contribution in [3.8, 4) is 0 Å². The summed E-state index contributed by atoms with van der Waals surface area (Å²) in [5.41, 5.74) is 1.24. The van der Waals surface area contributed by atoms with Gasteiger partial charge in [0.05, 0.1) is 6.54 Å². The third kappa shape index (κ3) is 3.19. The second-order valence-electron chi connectivity index (χ2n) is 6.62. The minimum Gasteiger partial charge on any atom is -0.439 e. The van der Waals surface area contributed by atoms with E-state index in [0.717, 1.165) is 25.3 Å². The summed E-state index contributed by atoms with van der Waals surface area (Å²) < 4.78 is 21.1. The molecule has 0 N–H and O–H groups in total. The van der Waals surface area contributed by atoms with E-state index in [1.165, 1.54) is 25.0 Å². The molecule has 1 fully saturated rings. The van der Waals surface area contributed by atoms with Gasteiger partial charge in [-0.15, -0.1) is 0 Å². The Bertz CT molecular complexity index is 841. The quantitative estimate of drug-likeness (QED) is 0.738. The van der Waals surface area contributed by atoms with Gasteiger partial charge in [-0.1, -0.05) is 0 Å². The van der Waals surface area contributed by atoms with Gasteiger partial charge in [0, 0.05) is 38.5 Å². The summed E-state index contributed by atoms with van der Waals surface area (Å²) in [5, 5.41) is 0. The number of fused-ring (bicyclic) bond motifs is 1. The van der Waals surface area contributed by atoms with Gasteiger partial charge in [0.15, 0.2) is 5.58 Å². The van der Waals surface area contributed by atoms with E-state index in [1.807, 2.05) is 19.4 Å². The number of aryl methyl sites for hydroxylation is 1. The van der Waals surface area contributed by atoms with Crippen LogP contribution in [0, 0.1) is 11.7 Å². The van der Waals surface area contributed by atoms with E-state index in [-0.39, 0.29) is 5.82 Å². The first kappa shape index (κ1) is 15.3. The van der Waals surface area contributed by atoms with Crippen LogP contribution in [0.2, 0.25) is 0 Å². The molecule has 1 aliphatic rings. The van der Waals surface area contributed by atoms with Crippen LogP contribution in [0.3, 0.4) is 0 Å². The van der Waals surface area contributed by atoms with Crippen LogP contribution in [-0.4, -0.2) is 32.5 Å². The van der Waals surface area contributed by atoms with Crippen molar-refractivity contribution >= 4 is 11.1 Å². The maximum Gasteiger partial charge on any atom is 0.209 e. The van der Waals surface area contributed by atoms with Gasteiger partial charge in [-0.2, -0.15) is 0 Å². The van der Waals surface area contributed by atoms with Crippen molar-refractivity contribution in [3.63, 3.8) is 0 Å². The zero-order valence-electron chi connectivity index (χ0n) is 13.8. The largest absolute Gasteiger partial charge is 0.439 e. The molecule has 1 saturated heterocycles. The van der Waals surface area contributed by atoms with E-state index in [4.69, 9.17) is 4.42 Å². The molecular weight excluding hydrogens is 307 g/mol. The molecule has 0 aliphatic carbocycles. The predicted molar refractivity (Wildman–Crippen MR) is 88.9 cm³/mol. The fourth-order valence-electron chi connectivity index (χ4n) is 3.52. The van der Waals surface area contributed by atoms with Crippen LogP contribution >= 0.6 is 0 Å². The Hall–Kier alpha value is -2.21. The Kier molecular flexibility index (Phi) is 4.06. The summed E-state index contributed by atoms with van der Waals surface area (Å²) in [7, 11) is 2.04. The maximum atomic E-state index is 13.3.